The van der Waals surface area contributed by atoms with Gasteiger partial charge < -0.3 is 10.8 Å². The monoisotopic (exact) mass is 470 g/mol. The van der Waals surface area contributed by atoms with Crippen LogP contribution >= 0.6 is 0 Å². The van der Waals surface area contributed by atoms with Crippen molar-refractivity contribution in [2.75, 3.05) is 12.3 Å². The van der Waals surface area contributed by atoms with Crippen LogP contribution in [0.2, 0.25) is 0 Å². The van der Waals surface area contributed by atoms with Crippen LogP contribution in [-0.2, 0) is 11.5 Å². The fourth-order valence-electron chi connectivity index (χ4n) is 3.30. The number of nitrogens with one attached hydrogen (secondary N) is 2. The molecule has 0 fully saturated rings. The van der Waals surface area contributed by atoms with Crippen LogP contribution in [0.1, 0.15) is 22.4 Å². The van der Waals surface area contributed by atoms with E-state index in [0.29, 0.717) is 22.9 Å². The molecule has 1 aromatic heterocycles. The Bertz CT molecular complexity index is 1270. The minimum absolute atomic E-state index is 0.338. The van der Waals surface area contributed by atoms with E-state index in [4.69, 9.17) is 5.73 Å². The first-order chi connectivity index (χ1) is 16.2. The smallest absolute Gasteiger partial charge is 0.323 e. The van der Waals surface area contributed by atoms with Crippen LogP contribution in [-0.4, -0.2) is 28.0 Å². The number of anilines is 1. The summed E-state index contributed by atoms with van der Waals surface area (Å²) < 4.78 is 59.4. The molecule has 0 spiro atoms. The van der Waals surface area contributed by atoms with Crippen molar-refractivity contribution in [2.45, 2.75) is 11.5 Å². The van der Waals surface area contributed by atoms with Crippen molar-refractivity contribution >= 4 is 12.0 Å². The van der Waals surface area contributed by atoms with E-state index < -0.39 is 41.0 Å². The van der Waals surface area contributed by atoms with Crippen molar-refractivity contribution < 1.29 is 22.7 Å². The fourth-order valence-corrected chi connectivity index (χ4v) is 3.30. The summed E-state index contributed by atoms with van der Waals surface area (Å²) in [6.07, 6.45) is 2.21. The van der Waals surface area contributed by atoms with Crippen LogP contribution in [0.5, 0.6) is 0 Å². The Morgan fingerprint density at radius 3 is 2.32 bits per heavy atom. The number of hydrazine groups is 2. The summed E-state index contributed by atoms with van der Waals surface area (Å²) in [6.45, 7) is -0.848. The quantitative estimate of drug-likeness (QED) is 0.260. The normalized spacial score (nSPS) is 14.8. The fraction of sp³-hybridized carbons (Fsp3) is 0.130. The van der Waals surface area contributed by atoms with Crippen molar-refractivity contribution in [1.29, 1.82) is 0 Å². The molecule has 1 aliphatic rings. The van der Waals surface area contributed by atoms with Crippen LogP contribution in [0.15, 0.2) is 65.9 Å². The predicted octanol–water partition coefficient (Wildman–Crippen LogP) is 2.59. The molecule has 1 aliphatic heterocycles. The third-order valence-corrected chi connectivity index (χ3v) is 5.10. The summed E-state index contributed by atoms with van der Waals surface area (Å²) in [6, 6.07) is 11.0. The highest BCUT2D eigenvalue weighted by atomic mass is 19.3. The predicted molar refractivity (Wildman–Crippen MR) is 117 cm³/mol. The van der Waals surface area contributed by atoms with E-state index in [-0.39, 0.29) is 0 Å². The van der Waals surface area contributed by atoms with Crippen LogP contribution in [0.3, 0.4) is 0 Å². The lowest BCUT2D eigenvalue weighted by molar-refractivity contribution is -0.206. The van der Waals surface area contributed by atoms with Gasteiger partial charge in [0.05, 0.1) is 6.54 Å². The largest absolute Gasteiger partial charge is 0.399 e. The van der Waals surface area contributed by atoms with E-state index >= 15 is 8.78 Å². The topological polar surface area (TPSA) is 98.8 Å². The minimum atomic E-state index is -4.10. The average Bonchev–Trinajstić information content (AvgIpc) is 3.31. The Hall–Kier alpha value is -4.14. The summed E-state index contributed by atoms with van der Waals surface area (Å²) in [5.41, 5.74) is 7.12. The molecular weight excluding hydrogens is 452 g/mol. The molecule has 1 unspecified atom stereocenters. The third kappa shape index (κ3) is 4.50. The summed E-state index contributed by atoms with van der Waals surface area (Å²) in [5.74, 6) is -0.759. The Balaban J connectivity index is 1.68. The van der Waals surface area contributed by atoms with Crippen molar-refractivity contribution in [2.24, 2.45) is 5.10 Å². The van der Waals surface area contributed by atoms with Gasteiger partial charge in [-0.2, -0.15) is 13.9 Å². The number of β-amino-alcohol motifs (C(OH)–C–C–N with tert-alkyl or cyclic N) is 1. The van der Waals surface area contributed by atoms with Crippen LogP contribution in [0.4, 0.5) is 23.2 Å². The molecule has 0 saturated heterocycles. The molecule has 3 aromatic rings. The zero-order chi connectivity index (χ0) is 24.3. The number of pyridine rings is 1. The lowest BCUT2D eigenvalue weighted by atomic mass is 9.84. The van der Waals surface area contributed by atoms with E-state index in [1.165, 1.54) is 6.07 Å². The molecule has 2 heterocycles. The number of nitrogens with two attached hydrogens (primary N) is 1. The van der Waals surface area contributed by atoms with E-state index in [1.54, 1.807) is 24.3 Å². The zero-order valence-electron chi connectivity index (χ0n) is 17.4. The molecule has 0 amide bonds. The highest BCUT2D eigenvalue weighted by molar-refractivity contribution is 5.55. The molecule has 11 heteroatoms. The maximum absolute atomic E-state index is 15.7. The first-order valence-electron chi connectivity index (χ1n) is 9.89. The van der Waals surface area contributed by atoms with Crippen LogP contribution in [0, 0.1) is 23.5 Å². The molecule has 174 valence electrons. The molecule has 34 heavy (non-hydrogen) atoms. The lowest BCUT2D eigenvalue weighted by Gasteiger charge is -2.38. The number of rotatable bonds is 5. The number of hydrogen-bond acceptors (Lipinski definition) is 7. The number of alkyl halides is 2. The molecule has 7 nitrogen and oxygen atoms in total. The third-order valence-electron chi connectivity index (χ3n) is 5.10. The van der Waals surface area contributed by atoms with Crippen molar-refractivity contribution in [3.63, 3.8) is 0 Å². The van der Waals surface area contributed by atoms with Gasteiger partial charge in [0.1, 0.15) is 23.7 Å². The van der Waals surface area contributed by atoms with Gasteiger partial charge in [-0.1, -0.05) is 11.8 Å². The van der Waals surface area contributed by atoms with Crippen LogP contribution < -0.4 is 16.8 Å². The van der Waals surface area contributed by atoms with E-state index in [1.807, 2.05) is 0 Å². The van der Waals surface area contributed by atoms with E-state index in [2.05, 4.69) is 33.0 Å². The maximum Gasteiger partial charge on any atom is 0.323 e. The number of aliphatic hydroxyl groups is 1. The Kier molecular flexibility index (Phi) is 6.10. The van der Waals surface area contributed by atoms with Gasteiger partial charge in [0, 0.05) is 34.6 Å². The molecule has 0 aliphatic carbocycles. The Labute approximate surface area is 191 Å². The maximum atomic E-state index is 15.7. The van der Waals surface area contributed by atoms with Gasteiger partial charge in [0.15, 0.2) is 5.60 Å². The SMILES string of the molecule is Nc1ccc(C#Cc2ccc(C(F)(F)C(O)(CN3C=NNN3)c3ccc(F)cc3F)nc2)cc1. The Morgan fingerprint density at radius 2 is 1.71 bits per heavy atom. The summed E-state index contributed by atoms with van der Waals surface area (Å²) >= 11 is 0. The number of benzene rings is 2. The number of hydrazone groups is 1. The summed E-state index contributed by atoms with van der Waals surface area (Å²) in [4.78, 5) is 3.77. The van der Waals surface area contributed by atoms with Gasteiger partial charge in [0.25, 0.3) is 0 Å². The minimum Gasteiger partial charge on any atom is -0.399 e. The molecule has 1 atom stereocenters. The van der Waals surface area contributed by atoms with Crippen molar-refractivity contribution in [1.82, 2.24) is 21.1 Å². The standard InChI is InChI=1S/C23H18F4N6O/c24-17-6-9-19(20(25)11-17)22(34,13-33-14-30-31-32-33)23(26,27)21-10-5-16(12-29-21)2-1-15-3-7-18(28)8-4-15/h3-12,14,31-32,34H,13,28H2. The number of nitrogens with zero attached hydrogens (tertiary/aromatic N) is 3. The van der Waals surface area contributed by atoms with Crippen molar-refractivity contribution in [3.8, 4) is 11.8 Å². The number of halogens is 4. The number of hydrogen-bond donors (Lipinski definition) is 4. The van der Waals surface area contributed by atoms with E-state index in [0.717, 1.165) is 35.7 Å². The van der Waals surface area contributed by atoms with Gasteiger partial charge in [-0.15, -0.1) is 5.53 Å². The van der Waals surface area contributed by atoms with Gasteiger partial charge in [-0.25, -0.2) is 14.3 Å². The van der Waals surface area contributed by atoms with E-state index in [9.17, 15) is 13.9 Å². The second kappa shape index (κ2) is 9.01. The molecule has 0 bridgehead atoms. The molecule has 4 rings (SSSR count). The highest BCUT2D eigenvalue weighted by Gasteiger charge is 2.58. The van der Waals surface area contributed by atoms with Crippen LogP contribution in [0.25, 0.3) is 0 Å². The number of nitrogen functional groups attached to an aromatic ring is 1. The molecule has 2 aromatic carbocycles. The molecule has 5 N–H and O–H groups in total. The summed E-state index contributed by atoms with van der Waals surface area (Å²) in [5, 5.41) is 15.8. The first kappa shape index (κ1) is 23.0. The second-order valence-corrected chi connectivity index (χ2v) is 7.46. The van der Waals surface area contributed by atoms with Gasteiger partial charge in [-0.05, 0) is 48.5 Å². The lowest BCUT2D eigenvalue weighted by Crippen LogP contribution is -2.54. The molecular formula is C23H18F4N6O. The van der Waals surface area contributed by atoms with Gasteiger partial charge >= 0.3 is 5.92 Å². The first-order valence-corrected chi connectivity index (χ1v) is 9.89. The molecule has 0 saturated carbocycles. The zero-order valence-corrected chi connectivity index (χ0v) is 17.4. The van der Waals surface area contributed by atoms with Crippen molar-refractivity contribution in [3.05, 3.63) is 94.8 Å². The van der Waals surface area contributed by atoms with Gasteiger partial charge in [0.2, 0.25) is 0 Å². The second-order valence-electron chi connectivity index (χ2n) is 7.46. The molecule has 0 radical (unpaired) electrons. The average molecular weight is 470 g/mol. The Morgan fingerprint density at radius 1 is 1.00 bits per heavy atom. The number of aromatic nitrogens is 1. The summed E-state index contributed by atoms with van der Waals surface area (Å²) in [7, 11) is 0. The van der Waals surface area contributed by atoms with Gasteiger partial charge in [-0.3, -0.25) is 9.99 Å². The highest BCUT2D eigenvalue weighted by Crippen LogP contribution is 2.46.